The predicted molar refractivity (Wildman–Crippen MR) is 73.8 cm³/mol. The summed E-state index contributed by atoms with van der Waals surface area (Å²) < 4.78 is 13.7. The molecule has 0 amide bonds. The first-order valence-electron chi connectivity index (χ1n) is 6.96. The van der Waals surface area contributed by atoms with Crippen LogP contribution in [0.15, 0.2) is 18.2 Å². The normalized spacial score (nSPS) is 27.8. The number of hydrogen-bond acceptors (Lipinski definition) is 1. The fourth-order valence-electron chi connectivity index (χ4n) is 3.14. The molecule has 0 radical (unpaired) electrons. The Kier molecular flexibility index (Phi) is 3.76. The lowest BCUT2D eigenvalue weighted by Gasteiger charge is -2.39. The van der Waals surface area contributed by atoms with Gasteiger partial charge in [-0.15, -0.1) is 0 Å². The van der Waals surface area contributed by atoms with Crippen molar-refractivity contribution in [2.45, 2.75) is 52.0 Å². The molecule has 1 aromatic rings. The molecule has 3 atom stereocenters. The van der Waals surface area contributed by atoms with Crippen molar-refractivity contribution < 1.29 is 4.39 Å². The smallest absolute Gasteiger partial charge is 0.126 e. The van der Waals surface area contributed by atoms with Crippen LogP contribution in [0.3, 0.4) is 0 Å². The molecule has 0 bridgehead atoms. The molecule has 3 unspecified atom stereocenters. The highest BCUT2D eigenvalue weighted by atomic mass is 19.1. The van der Waals surface area contributed by atoms with E-state index in [4.69, 9.17) is 5.73 Å². The second-order valence-electron chi connectivity index (χ2n) is 6.22. The molecule has 1 aromatic carbocycles. The lowest BCUT2D eigenvalue weighted by atomic mass is 9.70. The molecule has 0 aliphatic heterocycles. The van der Waals surface area contributed by atoms with Gasteiger partial charge in [-0.2, -0.15) is 0 Å². The van der Waals surface area contributed by atoms with Gasteiger partial charge in [0, 0.05) is 5.54 Å². The number of rotatable bonds is 2. The van der Waals surface area contributed by atoms with Crippen molar-refractivity contribution in [1.82, 2.24) is 0 Å². The van der Waals surface area contributed by atoms with Crippen LogP contribution >= 0.6 is 0 Å². The van der Waals surface area contributed by atoms with E-state index in [0.717, 1.165) is 24.3 Å². The molecule has 0 saturated heterocycles. The third-order valence-electron chi connectivity index (χ3n) is 4.58. The monoisotopic (exact) mass is 249 g/mol. The van der Waals surface area contributed by atoms with E-state index in [9.17, 15) is 4.39 Å². The van der Waals surface area contributed by atoms with Crippen LogP contribution < -0.4 is 5.73 Å². The van der Waals surface area contributed by atoms with E-state index < -0.39 is 5.54 Å². The molecule has 1 nitrogen and oxygen atoms in total. The van der Waals surface area contributed by atoms with E-state index >= 15 is 0 Å². The summed E-state index contributed by atoms with van der Waals surface area (Å²) in [6.45, 7) is 6.13. The molecule has 2 N–H and O–H groups in total. The molecule has 0 heterocycles. The zero-order valence-electron chi connectivity index (χ0n) is 11.7. The van der Waals surface area contributed by atoms with E-state index in [1.54, 1.807) is 13.0 Å². The van der Waals surface area contributed by atoms with Crippen molar-refractivity contribution in [3.05, 3.63) is 35.1 Å². The first-order valence-corrected chi connectivity index (χ1v) is 6.96. The van der Waals surface area contributed by atoms with Gasteiger partial charge in [-0.3, -0.25) is 0 Å². The van der Waals surface area contributed by atoms with Crippen LogP contribution in [0.1, 0.15) is 50.7 Å². The second kappa shape index (κ2) is 5.00. The molecular formula is C16H24FN. The quantitative estimate of drug-likeness (QED) is 0.837. The summed E-state index contributed by atoms with van der Waals surface area (Å²) >= 11 is 0. The Labute approximate surface area is 110 Å². The SMILES string of the molecule is Cc1ccc(C(C)(N)C2CCCC(C)C2)cc1F. The number of hydrogen-bond donors (Lipinski definition) is 1. The Morgan fingerprint density at radius 2 is 2.06 bits per heavy atom. The topological polar surface area (TPSA) is 26.0 Å². The summed E-state index contributed by atoms with van der Waals surface area (Å²) in [7, 11) is 0. The minimum Gasteiger partial charge on any atom is -0.321 e. The Balaban J connectivity index is 2.25. The largest absolute Gasteiger partial charge is 0.321 e. The van der Waals surface area contributed by atoms with E-state index in [0.29, 0.717) is 11.5 Å². The van der Waals surface area contributed by atoms with E-state index in [2.05, 4.69) is 13.8 Å². The van der Waals surface area contributed by atoms with Gasteiger partial charge in [0.1, 0.15) is 5.82 Å². The third-order valence-corrected chi connectivity index (χ3v) is 4.58. The average molecular weight is 249 g/mol. The molecule has 1 fully saturated rings. The zero-order valence-corrected chi connectivity index (χ0v) is 11.7. The molecule has 0 aromatic heterocycles. The van der Waals surface area contributed by atoms with Gasteiger partial charge in [-0.25, -0.2) is 4.39 Å². The van der Waals surface area contributed by atoms with E-state index in [1.165, 1.54) is 12.8 Å². The van der Waals surface area contributed by atoms with Crippen molar-refractivity contribution in [1.29, 1.82) is 0 Å². The van der Waals surface area contributed by atoms with E-state index in [1.807, 2.05) is 12.1 Å². The molecule has 2 heteroatoms. The number of nitrogens with two attached hydrogens (primary N) is 1. The van der Waals surface area contributed by atoms with Gasteiger partial charge in [0.2, 0.25) is 0 Å². The summed E-state index contributed by atoms with van der Waals surface area (Å²) in [5, 5.41) is 0. The Morgan fingerprint density at radius 1 is 1.33 bits per heavy atom. The first kappa shape index (κ1) is 13.5. The molecule has 1 aliphatic rings. The predicted octanol–water partition coefficient (Wildman–Crippen LogP) is 4.13. The summed E-state index contributed by atoms with van der Waals surface area (Å²) in [5.74, 6) is 1.05. The highest BCUT2D eigenvalue weighted by molar-refractivity contribution is 5.29. The van der Waals surface area contributed by atoms with Crippen LogP contribution in [0, 0.1) is 24.6 Å². The molecule has 18 heavy (non-hydrogen) atoms. The van der Waals surface area contributed by atoms with Crippen LogP contribution in [0.5, 0.6) is 0 Å². The van der Waals surface area contributed by atoms with Crippen LogP contribution in [-0.2, 0) is 5.54 Å². The van der Waals surface area contributed by atoms with Crippen LogP contribution in [0.2, 0.25) is 0 Å². The maximum absolute atomic E-state index is 13.7. The molecule has 1 saturated carbocycles. The standard InChI is InChI=1S/C16H24FN/c1-11-5-4-6-13(9-11)16(3,18)14-8-7-12(2)15(17)10-14/h7-8,10-11,13H,4-6,9,18H2,1-3H3. The minimum absolute atomic E-state index is 0.145. The van der Waals surface area contributed by atoms with Gasteiger partial charge in [-0.1, -0.05) is 31.9 Å². The van der Waals surface area contributed by atoms with Crippen molar-refractivity contribution in [2.24, 2.45) is 17.6 Å². The highest BCUT2D eigenvalue weighted by Crippen LogP contribution is 2.39. The van der Waals surface area contributed by atoms with Crippen LogP contribution in [0.4, 0.5) is 4.39 Å². The number of aryl methyl sites for hydroxylation is 1. The van der Waals surface area contributed by atoms with Crippen LogP contribution in [-0.4, -0.2) is 0 Å². The summed E-state index contributed by atoms with van der Waals surface area (Å²) in [4.78, 5) is 0. The third kappa shape index (κ3) is 2.59. The minimum atomic E-state index is -0.413. The van der Waals surface area contributed by atoms with Gasteiger partial charge in [0.25, 0.3) is 0 Å². The number of benzene rings is 1. The zero-order chi connectivity index (χ0) is 13.3. The van der Waals surface area contributed by atoms with E-state index in [-0.39, 0.29) is 5.82 Å². The summed E-state index contributed by atoms with van der Waals surface area (Å²) in [5.41, 5.74) is 7.74. The fourth-order valence-corrected chi connectivity index (χ4v) is 3.14. The Hall–Kier alpha value is -0.890. The Morgan fingerprint density at radius 3 is 2.67 bits per heavy atom. The fraction of sp³-hybridized carbons (Fsp3) is 0.625. The maximum atomic E-state index is 13.7. The van der Waals surface area contributed by atoms with Crippen molar-refractivity contribution in [3.8, 4) is 0 Å². The summed E-state index contributed by atoms with van der Waals surface area (Å²) in [6.07, 6.45) is 4.86. The van der Waals surface area contributed by atoms with Gasteiger partial charge in [0.05, 0.1) is 0 Å². The lowest BCUT2D eigenvalue weighted by molar-refractivity contribution is 0.184. The number of halogens is 1. The molecule has 0 spiro atoms. The molecule has 100 valence electrons. The maximum Gasteiger partial charge on any atom is 0.126 e. The van der Waals surface area contributed by atoms with Gasteiger partial charge < -0.3 is 5.73 Å². The van der Waals surface area contributed by atoms with Gasteiger partial charge in [-0.05, 0) is 55.7 Å². The molecule has 2 rings (SSSR count). The van der Waals surface area contributed by atoms with Crippen molar-refractivity contribution >= 4 is 0 Å². The van der Waals surface area contributed by atoms with Gasteiger partial charge >= 0.3 is 0 Å². The van der Waals surface area contributed by atoms with Crippen molar-refractivity contribution in [3.63, 3.8) is 0 Å². The Bertz CT molecular complexity index is 425. The van der Waals surface area contributed by atoms with Crippen LogP contribution in [0.25, 0.3) is 0 Å². The average Bonchev–Trinajstić information content (AvgIpc) is 2.32. The lowest BCUT2D eigenvalue weighted by Crippen LogP contribution is -2.43. The van der Waals surface area contributed by atoms with Crippen molar-refractivity contribution in [2.75, 3.05) is 0 Å². The van der Waals surface area contributed by atoms with Gasteiger partial charge in [0.15, 0.2) is 0 Å². The molecule has 1 aliphatic carbocycles. The first-order chi connectivity index (χ1) is 8.41. The summed E-state index contributed by atoms with van der Waals surface area (Å²) in [6, 6.07) is 5.44. The highest BCUT2D eigenvalue weighted by Gasteiger charge is 2.34. The second-order valence-corrected chi connectivity index (χ2v) is 6.22. The molecular weight excluding hydrogens is 225 g/mol.